The van der Waals surface area contributed by atoms with E-state index in [9.17, 15) is 28.8 Å². The third-order valence-corrected chi connectivity index (χ3v) is 11.8. The number of hydrogen-bond acceptors (Lipinski definition) is 15. The molecule has 0 bridgehead atoms. The second kappa shape index (κ2) is 23.6. The molecule has 0 radical (unpaired) electrons. The number of carbonyl (C=O) groups excluding carboxylic acids is 6. The number of likely N-dealkylation sites (tertiary alicyclic amines) is 1. The molecular weight excluding hydrogens is 726 g/mol. The van der Waals surface area contributed by atoms with Crippen molar-refractivity contribution in [3.8, 4) is 0 Å². The van der Waals surface area contributed by atoms with Crippen LogP contribution in [0.1, 0.15) is 67.7 Å². The zero-order valence-corrected chi connectivity index (χ0v) is 33.8. The van der Waals surface area contributed by atoms with E-state index in [1.165, 1.54) is 27.7 Å². The number of esters is 6. The summed E-state index contributed by atoms with van der Waals surface area (Å²) in [5.74, 6) is -4.21. The molecule has 1 rings (SSSR count). The van der Waals surface area contributed by atoms with E-state index in [0.717, 1.165) is 0 Å². The molecule has 0 aromatic heterocycles. The lowest BCUT2D eigenvalue weighted by Gasteiger charge is -2.56. The van der Waals surface area contributed by atoms with Crippen LogP contribution in [0.5, 0.6) is 0 Å². The maximum absolute atomic E-state index is 13.3. The van der Waals surface area contributed by atoms with Crippen LogP contribution in [-0.2, 0) is 70.5 Å². The zero-order valence-electron chi connectivity index (χ0n) is 32.8. The third kappa shape index (κ3) is 15.7. The van der Waals surface area contributed by atoms with Crippen LogP contribution in [0.25, 0.3) is 0 Å². The Kier molecular flexibility index (Phi) is 20.9. The normalized spacial score (nSPS) is 14.6. The Labute approximate surface area is 319 Å². The van der Waals surface area contributed by atoms with Crippen LogP contribution < -0.4 is 0 Å². The van der Waals surface area contributed by atoms with Gasteiger partial charge in [-0.1, -0.05) is 26.3 Å². The van der Waals surface area contributed by atoms with Gasteiger partial charge in [0.25, 0.3) is 0 Å². The van der Waals surface area contributed by atoms with Crippen molar-refractivity contribution in [1.29, 1.82) is 0 Å². The van der Waals surface area contributed by atoms with Gasteiger partial charge in [0.1, 0.15) is 26.4 Å². The van der Waals surface area contributed by atoms with Crippen LogP contribution in [0.3, 0.4) is 0 Å². The van der Waals surface area contributed by atoms with Gasteiger partial charge in [0.05, 0.1) is 38.9 Å². The average Bonchev–Trinajstić information content (AvgIpc) is 3.09. The number of rotatable bonds is 27. The molecule has 0 aromatic carbocycles. The Morgan fingerprint density at radius 3 is 1.09 bits per heavy atom. The van der Waals surface area contributed by atoms with Gasteiger partial charge in [0, 0.05) is 42.1 Å². The molecule has 1 aliphatic heterocycles. The van der Waals surface area contributed by atoms with Gasteiger partial charge < -0.3 is 46.2 Å². The van der Waals surface area contributed by atoms with E-state index in [2.05, 4.69) is 26.3 Å². The number of hydrogen-bond donors (Lipinski definition) is 0. The van der Waals surface area contributed by atoms with Crippen molar-refractivity contribution in [2.24, 2.45) is 0 Å². The highest BCUT2D eigenvalue weighted by atomic mass is 28.4. The summed E-state index contributed by atoms with van der Waals surface area (Å²) in [5, 5.41) is 0. The lowest BCUT2D eigenvalue weighted by Crippen LogP contribution is -2.78. The van der Waals surface area contributed by atoms with Crippen molar-refractivity contribution in [2.45, 2.75) is 85.6 Å². The lowest BCUT2D eigenvalue weighted by atomic mass is 10.1. The van der Waals surface area contributed by atoms with Gasteiger partial charge in [-0.2, -0.15) is 0 Å². The summed E-state index contributed by atoms with van der Waals surface area (Å²) in [4.78, 5) is 74.9. The summed E-state index contributed by atoms with van der Waals surface area (Å²) in [5.41, 5.74) is 0.164. The number of carbonyl (C=O) groups is 6. The molecule has 0 saturated carbocycles. The maximum Gasteiger partial charge on any atom is 0.562 e. The predicted molar refractivity (Wildman–Crippen MR) is 196 cm³/mol. The second-order valence-electron chi connectivity index (χ2n) is 12.8. The lowest BCUT2D eigenvalue weighted by molar-refractivity contribution is -0.979. The summed E-state index contributed by atoms with van der Waals surface area (Å²) in [6.07, 6.45) is -1.95. The molecule has 17 heteroatoms. The first-order valence-corrected chi connectivity index (χ1v) is 19.6. The van der Waals surface area contributed by atoms with Gasteiger partial charge in [-0.15, -0.1) is 0 Å². The molecule has 0 aromatic rings. The minimum atomic E-state index is -3.39. The molecule has 16 nitrogen and oxygen atoms in total. The van der Waals surface area contributed by atoms with Crippen LogP contribution in [0.15, 0.2) is 48.6 Å². The van der Waals surface area contributed by atoms with Crippen LogP contribution in [0.4, 0.5) is 0 Å². The van der Waals surface area contributed by atoms with Gasteiger partial charge >= 0.3 is 44.6 Å². The highest BCUT2D eigenvalue weighted by Crippen LogP contribution is 2.38. The minimum absolute atomic E-state index is 0.130. The van der Waals surface area contributed by atoms with Crippen molar-refractivity contribution in [1.82, 2.24) is 0 Å². The highest BCUT2D eigenvalue weighted by molar-refractivity contribution is 6.62. The fraction of sp³-hybridized carbons (Fsp3) is 0.622. The summed E-state index contributed by atoms with van der Waals surface area (Å²) in [6, 6.07) is 0. The van der Waals surface area contributed by atoms with Gasteiger partial charge in [-0.3, -0.25) is 9.59 Å². The third-order valence-electron chi connectivity index (χ3n) is 8.07. The van der Waals surface area contributed by atoms with Crippen LogP contribution >= 0.6 is 0 Å². The Hall–Kier alpha value is -4.16. The van der Waals surface area contributed by atoms with E-state index in [1.54, 1.807) is 0 Å². The van der Waals surface area contributed by atoms with E-state index in [-0.39, 0.29) is 58.4 Å². The molecule has 0 aliphatic carbocycles. The first-order valence-electron chi connectivity index (χ1n) is 17.8. The number of nitrogens with zero attached hydrogens (tertiary/aromatic N) is 1. The molecular formula is C37H58NO15Si+. The molecule has 1 saturated heterocycles. The second-order valence-corrected chi connectivity index (χ2v) is 15.6. The van der Waals surface area contributed by atoms with Gasteiger partial charge in [-0.25, -0.2) is 19.2 Å². The van der Waals surface area contributed by atoms with Crippen LogP contribution in [0.2, 0.25) is 0 Å². The Bertz CT molecular complexity index is 1230. The fourth-order valence-corrected chi connectivity index (χ4v) is 8.89. The fourth-order valence-electron chi connectivity index (χ4n) is 5.32. The largest absolute Gasteiger partial charge is 0.562 e. The molecule has 54 heavy (non-hydrogen) atoms. The molecule has 1 aliphatic rings. The Balaban J connectivity index is 3.30. The number of ether oxygens (including phenoxy) is 6. The van der Waals surface area contributed by atoms with Crippen molar-refractivity contribution < 1.29 is 74.9 Å². The molecule has 1 heterocycles. The molecule has 1 unspecified atom stereocenters. The Morgan fingerprint density at radius 2 is 0.870 bits per heavy atom. The molecule has 1 atom stereocenters. The Morgan fingerprint density at radius 1 is 0.574 bits per heavy atom. The minimum Gasteiger partial charge on any atom is -0.458 e. The van der Waals surface area contributed by atoms with Gasteiger partial charge in [0.2, 0.25) is 0 Å². The molecule has 0 amide bonds. The topological polar surface area (TPSA) is 185 Å². The van der Waals surface area contributed by atoms with E-state index in [1.807, 2.05) is 20.8 Å². The number of quaternary nitrogens is 1. The molecule has 0 spiro atoms. The average molecular weight is 785 g/mol. The van der Waals surface area contributed by atoms with Crippen molar-refractivity contribution >= 4 is 44.6 Å². The van der Waals surface area contributed by atoms with E-state index in [0.29, 0.717) is 32.8 Å². The van der Waals surface area contributed by atoms with E-state index >= 15 is 0 Å². The van der Waals surface area contributed by atoms with Crippen molar-refractivity contribution in [3.05, 3.63) is 48.6 Å². The van der Waals surface area contributed by atoms with Crippen molar-refractivity contribution in [2.75, 3.05) is 65.9 Å². The smallest absolute Gasteiger partial charge is 0.458 e. The first kappa shape index (κ1) is 47.9. The van der Waals surface area contributed by atoms with Gasteiger partial charge in [-0.05, 0) is 48.5 Å². The maximum atomic E-state index is 13.3. The summed E-state index contributed by atoms with van der Waals surface area (Å²) >= 11 is 0. The molecule has 304 valence electrons. The standard InChI is InChI=1S/C37H58NO15Si/c1-12-49-54(50-13-2,51-14-3)31-15-18-38(31,19-16-32(39)52-29(21-45-34(41)25(4)5)22-46-35(42)26(6)7)20-17-33(40)53-30(23-47-36(43)27(8)9)24-48-37(44)28(10)11/h29-31H,4,6,8,10,12-24H2,1-3,5,7,9,11H3/q+1. The summed E-state index contributed by atoms with van der Waals surface area (Å²) in [6.45, 7) is 25.6. The monoisotopic (exact) mass is 784 g/mol. The van der Waals surface area contributed by atoms with Crippen LogP contribution in [0, 0.1) is 0 Å². The van der Waals surface area contributed by atoms with E-state index in [4.69, 9.17) is 41.7 Å². The molecule has 0 N–H and O–H groups in total. The predicted octanol–water partition coefficient (Wildman–Crippen LogP) is 3.24. The van der Waals surface area contributed by atoms with Crippen LogP contribution in [-0.4, -0.2) is 133 Å². The first-order chi connectivity index (χ1) is 25.4. The molecule has 1 fully saturated rings. The van der Waals surface area contributed by atoms with E-state index < -0.39 is 83.3 Å². The highest BCUT2D eigenvalue weighted by Gasteiger charge is 2.65. The quantitative estimate of drug-likeness (QED) is 0.0388. The zero-order chi connectivity index (χ0) is 41.1. The summed E-state index contributed by atoms with van der Waals surface area (Å²) < 4.78 is 50.8. The van der Waals surface area contributed by atoms with Crippen molar-refractivity contribution in [3.63, 3.8) is 0 Å². The summed E-state index contributed by atoms with van der Waals surface area (Å²) in [7, 11) is -3.39. The van der Waals surface area contributed by atoms with Gasteiger partial charge in [0.15, 0.2) is 17.9 Å². The SMILES string of the molecule is C=C(C)C(=O)OCC(COC(=O)C(=C)C)OC(=O)CC[N+]1(CCC(=O)OC(COC(=O)C(=C)C)COC(=O)C(=C)C)CCC1[Si](OCC)(OCC)OCC.